The van der Waals surface area contributed by atoms with Gasteiger partial charge in [0.05, 0.1) is 0 Å². The van der Waals surface area contributed by atoms with E-state index in [1.807, 2.05) is 20.8 Å². The Balaban J connectivity index is 2.74. The van der Waals surface area contributed by atoms with Crippen molar-refractivity contribution in [3.8, 4) is 0 Å². The smallest absolute Gasteiger partial charge is 0.323 e. The number of hydrogen-bond acceptors (Lipinski definition) is 4. The van der Waals surface area contributed by atoms with Gasteiger partial charge >= 0.3 is 12.0 Å². The molecule has 1 aromatic rings. The molecule has 0 atom stereocenters. The highest BCUT2D eigenvalue weighted by atomic mass is 16.4. The Hall–Kier alpha value is -1.59. The van der Waals surface area contributed by atoms with Crippen LogP contribution in [0.1, 0.15) is 26.7 Å². The second-order valence-electron chi connectivity index (χ2n) is 3.87. The van der Waals surface area contributed by atoms with Crippen LogP contribution in [0, 0.1) is 0 Å². The molecule has 6 heteroatoms. The molecule has 78 valence electrons. The number of aromatic nitrogens is 2. The van der Waals surface area contributed by atoms with Gasteiger partial charge in [-0.25, -0.2) is 4.79 Å². The molecule has 1 heterocycles. The van der Waals surface area contributed by atoms with Crippen molar-refractivity contribution in [2.75, 3.05) is 12.4 Å². The first-order chi connectivity index (χ1) is 6.43. The van der Waals surface area contributed by atoms with E-state index in [4.69, 9.17) is 4.42 Å². The third-order valence-electron chi connectivity index (χ3n) is 1.51. The molecule has 0 aromatic carbocycles. The molecule has 6 nitrogen and oxygen atoms in total. The number of nitrogens with one attached hydrogen (secondary N) is 2. The number of hydrogen-bond donors (Lipinski definition) is 2. The van der Waals surface area contributed by atoms with Crippen LogP contribution in [0.25, 0.3) is 0 Å². The summed E-state index contributed by atoms with van der Waals surface area (Å²) in [4.78, 5) is 10.9. The molecule has 1 rings (SSSR count). The summed E-state index contributed by atoms with van der Waals surface area (Å²) >= 11 is 0. The summed E-state index contributed by atoms with van der Waals surface area (Å²) in [5.74, 6) is 0.490. The van der Waals surface area contributed by atoms with Crippen molar-refractivity contribution in [2.45, 2.75) is 26.2 Å². The van der Waals surface area contributed by atoms with Gasteiger partial charge in [-0.3, -0.25) is 5.32 Å². The molecule has 2 amide bonds. The van der Waals surface area contributed by atoms with Crippen molar-refractivity contribution in [3.63, 3.8) is 0 Å². The summed E-state index contributed by atoms with van der Waals surface area (Å²) in [6.45, 7) is 5.85. The molecule has 2 N–H and O–H groups in total. The van der Waals surface area contributed by atoms with Crippen LogP contribution >= 0.6 is 0 Å². The van der Waals surface area contributed by atoms with Crippen molar-refractivity contribution >= 4 is 12.0 Å². The Morgan fingerprint density at radius 3 is 2.43 bits per heavy atom. The van der Waals surface area contributed by atoms with Gasteiger partial charge in [0.1, 0.15) is 0 Å². The quantitative estimate of drug-likeness (QED) is 0.708. The van der Waals surface area contributed by atoms with Gasteiger partial charge < -0.3 is 9.73 Å². The minimum atomic E-state index is -0.380. The molecule has 0 saturated carbocycles. The first kappa shape index (κ1) is 10.5. The minimum Gasteiger partial charge on any atom is -0.407 e. The molecule has 0 aliphatic heterocycles. The Bertz CT molecular complexity index is 326. The zero-order chi connectivity index (χ0) is 10.8. The third kappa shape index (κ3) is 2.45. The predicted molar refractivity (Wildman–Crippen MR) is 51.1 cm³/mol. The Kier molecular flexibility index (Phi) is 2.73. The van der Waals surface area contributed by atoms with Crippen LogP contribution in [0.5, 0.6) is 0 Å². The summed E-state index contributed by atoms with van der Waals surface area (Å²) in [5.41, 5.74) is -0.213. The Morgan fingerprint density at radius 1 is 1.36 bits per heavy atom. The summed E-state index contributed by atoms with van der Waals surface area (Å²) in [6, 6.07) is -0.275. The van der Waals surface area contributed by atoms with E-state index >= 15 is 0 Å². The first-order valence-corrected chi connectivity index (χ1v) is 4.26. The van der Waals surface area contributed by atoms with E-state index in [2.05, 4.69) is 20.8 Å². The summed E-state index contributed by atoms with van der Waals surface area (Å²) in [6.07, 6.45) is 0. The summed E-state index contributed by atoms with van der Waals surface area (Å²) in [5, 5.41) is 12.3. The van der Waals surface area contributed by atoms with Gasteiger partial charge in [0.15, 0.2) is 0 Å². The highest BCUT2D eigenvalue weighted by Crippen LogP contribution is 2.21. The average Bonchev–Trinajstić information content (AvgIpc) is 2.51. The average molecular weight is 198 g/mol. The van der Waals surface area contributed by atoms with E-state index in [0.29, 0.717) is 5.89 Å². The third-order valence-corrected chi connectivity index (χ3v) is 1.51. The van der Waals surface area contributed by atoms with Crippen LogP contribution in [0.2, 0.25) is 0 Å². The van der Waals surface area contributed by atoms with Crippen molar-refractivity contribution in [3.05, 3.63) is 5.89 Å². The van der Waals surface area contributed by atoms with Crippen LogP contribution in [0.3, 0.4) is 0 Å². The second kappa shape index (κ2) is 3.65. The predicted octanol–water partition coefficient (Wildman–Crippen LogP) is 1.12. The monoisotopic (exact) mass is 198 g/mol. The highest BCUT2D eigenvalue weighted by molar-refractivity contribution is 5.86. The summed E-state index contributed by atoms with van der Waals surface area (Å²) < 4.78 is 5.23. The standard InChI is InChI=1S/C8H14N4O2/c1-8(2,3)5-11-12-7(14-5)10-6(13)9-4/h1-4H3,(H2,9,10,12,13). The lowest BCUT2D eigenvalue weighted by Gasteiger charge is -2.10. The number of urea groups is 1. The molecule has 0 unspecified atom stereocenters. The van der Waals surface area contributed by atoms with Crippen LogP contribution in [-0.4, -0.2) is 23.3 Å². The molecule has 0 radical (unpaired) electrons. The zero-order valence-electron chi connectivity index (χ0n) is 8.71. The molecule has 1 aromatic heterocycles. The van der Waals surface area contributed by atoms with E-state index < -0.39 is 0 Å². The number of nitrogens with zero attached hydrogens (tertiary/aromatic N) is 2. The normalized spacial score (nSPS) is 11.1. The van der Waals surface area contributed by atoms with Crippen LogP contribution in [0.15, 0.2) is 4.42 Å². The SMILES string of the molecule is CNC(=O)Nc1nnc(C(C)(C)C)o1. The fourth-order valence-electron chi connectivity index (χ4n) is 0.736. The van der Waals surface area contributed by atoms with E-state index in [1.54, 1.807) is 0 Å². The molecule has 14 heavy (non-hydrogen) atoms. The van der Waals surface area contributed by atoms with E-state index in [0.717, 1.165) is 0 Å². The maximum absolute atomic E-state index is 10.9. The number of carbonyl (C=O) groups excluding carboxylic acids is 1. The largest absolute Gasteiger partial charge is 0.407 e. The lowest BCUT2D eigenvalue weighted by Crippen LogP contribution is -2.24. The van der Waals surface area contributed by atoms with E-state index in [9.17, 15) is 4.79 Å². The molecule has 0 bridgehead atoms. The van der Waals surface area contributed by atoms with Gasteiger partial charge in [0, 0.05) is 12.5 Å². The lowest BCUT2D eigenvalue weighted by molar-refractivity contribution is 0.253. The van der Waals surface area contributed by atoms with E-state index in [-0.39, 0.29) is 17.5 Å². The van der Waals surface area contributed by atoms with Gasteiger partial charge in [-0.2, -0.15) is 0 Å². The maximum atomic E-state index is 10.9. The molecule has 0 spiro atoms. The van der Waals surface area contributed by atoms with Crippen LogP contribution < -0.4 is 10.6 Å². The second-order valence-corrected chi connectivity index (χ2v) is 3.87. The molecular formula is C8H14N4O2. The number of rotatable bonds is 1. The fraction of sp³-hybridized carbons (Fsp3) is 0.625. The van der Waals surface area contributed by atoms with Crippen molar-refractivity contribution in [1.29, 1.82) is 0 Å². The fourth-order valence-corrected chi connectivity index (χ4v) is 0.736. The molecule has 0 fully saturated rings. The van der Waals surface area contributed by atoms with Crippen LogP contribution in [0.4, 0.5) is 10.8 Å². The van der Waals surface area contributed by atoms with Gasteiger partial charge in [0.25, 0.3) is 0 Å². The van der Waals surface area contributed by atoms with Gasteiger partial charge in [0.2, 0.25) is 5.89 Å². The van der Waals surface area contributed by atoms with Gasteiger partial charge in [-0.1, -0.05) is 25.9 Å². The highest BCUT2D eigenvalue weighted by Gasteiger charge is 2.21. The topological polar surface area (TPSA) is 80.0 Å². The van der Waals surface area contributed by atoms with Crippen molar-refractivity contribution < 1.29 is 9.21 Å². The maximum Gasteiger partial charge on any atom is 0.323 e. The van der Waals surface area contributed by atoms with E-state index in [1.165, 1.54) is 7.05 Å². The minimum absolute atomic E-state index is 0.106. The summed E-state index contributed by atoms with van der Waals surface area (Å²) in [7, 11) is 1.51. The molecule has 0 aliphatic carbocycles. The number of anilines is 1. The first-order valence-electron chi connectivity index (χ1n) is 4.26. The molecule has 0 saturated heterocycles. The zero-order valence-corrected chi connectivity index (χ0v) is 8.71. The van der Waals surface area contributed by atoms with Crippen molar-refractivity contribution in [1.82, 2.24) is 15.5 Å². The van der Waals surface area contributed by atoms with Gasteiger partial charge in [-0.15, -0.1) is 5.10 Å². The van der Waals surface area contributed by atoms with Gasteiger partial charge in [-0.05, 0) is 0 Å². The number of amides is 2. The Labute approximate surface area is 82.1 Å². The van der Waals surface area contributed by atoms with Crippen molar-refractivity contribution in [2.24, 2.45) is 0 Å². The molecular weight excluding hydrogens is 184 g/mol. The Morgan fingerprint density at radius 2 is 2.00 bits per heavy atom. The molecule has 0 aliphatic rings. The number of carbonyl (C=O) groups is 1. The lowest BCUT2D eigenvalue weighted by atomic mass is 9.97. The van der Waals surface area contributed by atoms with Crippen LogP contribution in [-0.2, 0) is 5.41 Å².